The van der Waals surface area contributed by atoms with Gasteiger partial charge in [0, 0.05) is 22.5 Å². The van der Waals surface area contributed by atoms with Crippen molar-refractivity contribution in [2.45, 2.75) is 28.2 Å². The van der Waals surface area contributed by atoms with Gasteiger partial charge in [0.2, 0.25) is 0 Å². The Hall–Kier alpha value is -2.25. The van der Waals surface area contributed by atoms with Gasteiger partial charge >= 0.3 is 0 Å². The van der Waals surface area contributed by atoms with E-state index in [1.54, 1.807) is 10.7 Å². The van der Waals surface area contributed by atoms with Crippen molar-refractivity contribution >= 4 is 27.5 Å². The topological polar surface area (TPSA) is 64.0 Å². The van der Waals surface area contributed by atoms with E-state index < -0.39 is 10.0 Å². The highest BCUT2D eigenvalue weighted by molar-refractivity contribution is 7.99. The molecule has 0 unspecified atom stereocenters. The van der Waals surface area contributed by atoms with Crippen LogP contribution in [0.4, 0.5) is 5.69 Å². The normalized spacial score (nSPS) is 11.4. The number of anilines is 1. The van der Waals surface area contributed by atoms with Gasteiger partial charge in [0.15, 0.2) is 0 Å². The van der Waals surface area contributed by atoms with Crippen LogP contribution in [0.3, 0.4) is 0 Å². The first-order valence-corrected chi connectivity index (χ1v) is 9.75. The molecule has 0 amide bonds. The number of para-hydroxylation sites is 1. The molecule has 0 spiro atoms. The number of aryl methyl sites for hydroxylation is 1. The molecule has 5 nitrogen and oxygen atoms in total. The molecule has 124 valence electrons. The van der Waals surface area contributed by atoms with Gasteiger partial charge in [0.1, 0.15) is 4.90 Å². The highest BCUT2D eigenvalue weighted by Crippen LogP contribution is 2.34. The van der Waals surface area contributed by atoms with Gasteiger partial charge in [-0.05, 0) is 31.2 Å². The summed E-state index contributed by atoms with van der Waals surface area (Å²) in [4.78, 5) is 2.04. The molecule has 7 heteroatoms. The van der Waals surface area contributed by atoms with E-state index in [-0.39, 0.29) is 4.90 Å². The molecule has 0 bridgehead atoms. The third-order valence-electron chi connectivity index (χ3n) is 3.35. The summed E-state index contributed by atoms with van der Waals surface area (Å²) in [6.45, 7) is 2.53. The van der Waals surface area contributed by atoms with E-state index in [4.69, 9.17) is 0 Å². The van der Waals surface area contributed by atoms with Crippen LogP contribution in [0.5, 0.6) is 0 Å². The van der Waals surface area contributed by atoms with Crippen molar-refractivity contribution in [1.29, 1.82) is 0 Å². The fraction of sp³-hybridized carbons (Fsp3) is 0.118. The summed E-state index contributed by atoms with van der Waals surface area (Å²) >= 11 is 1.51. The van der Waals surface area contributed by atoms with Crippen molar-refractivity contribution in [2.24, 2.45) is 0 Å². The standard InChI is InChI=1S/C17H17N3O2S2/c1-2-20-13-15(12-18-20)24(21,22)19-16-10-6-7-11-17(16)23-14-8-4-3-5-9-14/h3-13,19H,2H2,1H3. The SMILES string of the molecule is CCn1cc(S(=O)(=O)Nc2ccccc2Sc2ccccc2)cn1. The Morgan fingerprint density at radius 2 is 1.79 bits per heavy atom. The number of hydrogen-bond acceptors (Lipinski definition) is 4. The average molecular weight is 359 g/mol. The minimum absolute atomic E-state index is 0.156. The zero-order valence-electron chi connectivity index (χ0n) is 13.1. The summed E-state index contributed by atoms with van der Waals surface area (Å²) in [6.07, 6.45) is 2.88. The zero-order chi connectivity index (χ0) is 17.0. The van der Waals surface area contributed by atoms with Crippen molar-refractivity contribution in [3.63, 3.8) is 0 Å². The third kappa shape index (κ3) is 3.80. The second-order valence-electron chi connectivity index (χ2n) is 5.05. The molecule has 3 rings (SSSR count). The Labute approximate surface area is 145 Å². The summed E-state index contributed by atoms with van der Waals surface area (Å²) in [5.74, 6) is 0. The van der Waals surface area contributed by atoms with Gasteiger partial charge in [0.05, 0.1) is 11.9 Å². The summed E-state index contributed by atoms with van der Waals surface area (Å²) in [7, 11) is -3.66. The summed E-state index contributed by atoms with van der Waals surface area (Å²) < 4.78 is 29.4. The smallest absolute Gasteiger partial charge is 0.265 e. The first-order valence-electron chi connectivity index (χ1n) is 7.45. The number of sulfonamides is 1. The van der Waals surface area contributed by atoms with Gasteiger partial charge < -0.3 is 0 Å². The van der Waals surface area contributed by atoms with Crippen LogP contribution >= 0.6 is 11.8 Å². The maximum Gasteiger partial charge on any atom is 0.265 e. The van der Waals surface area contributed by atoms with Crippen molar-refractivity contribution in [3.05, 3.63) is 67.0 Å². The van der Waals surface area contributed by atoms with E-state index in [1.807, 2.05) is 55.5 Å². The first-order chi connectivity index (χ1) is 11.6. The van der Waals surface area contributed by atoms with E-state index in [0.717, 1.165) is 9.79 Å². The van der Waals surface area contributed by atoms with E-state index >= 15 is 0 Å². The van der Waals surface area contributed by atoms with Crippen LogP contribution in [0.2, 0.25) is 0 Å². The lowest BCUT2D eigenvalue weighted by atomic mass is 10.3. The lowest BCUT2D eigenvalue weighted by Crippen LogP contribution is -2.13. The van der Waals surface area contributed by atoms with Crippen LogP contribution in [0, 0.1) is 0 Å². The monoisotopic (exact) mass is 359 g/mol. The lowest BCUT2D eigenvalue weighted by molar-refractivity contribution is 0.600. The Bertz CT molecular complexity index is 922. The minimum Gasteiger partial charge on any atom is -0.278 e. The predicted molar refractivity (Wildman–Crippen MR) is 95.7 cm³/mol. The Morgan fingerprint density at radius 3 is 2.50 bits per heavy atom. The van der Waals surface area contributed by atoms with Crippen molar-refractivity contribution < 1.29 is 8.42 Å². The number of nitrogens with one attached hydrogen (secondary N) is 1. The fourth-order valence-corrected chi connectivity index (χ4v) is 4.13. The first kappa shape index (κ1) is 16.6. The van der Waals surface area contributed by atoms with Crippen molar-refractivity contribution in [3.8, 4) is 0 Å². The number of benzene rings is 2. The summed E-state index contributed by atoms with van der Waals surface area (Å²) in [6, 6.07) is 17.2. The maximum atomic E-state index is 12.6. The molecule has 0 saturated carbocycles. The molecule has 24 heavy (non-hydrogen) atoms. The van der Waals surface area contributed by atoms with Gasteiger partial charge in [-0.25, -0.2) is 8.42 Å². The molecule has 3 aromatic rings. The molecule has 1 heterocycles. The number of aromatic nitrogens is 2. The average Bonchev–Trinajstić information content (AvgIpc) is 3.08. The Morgan fingerprint density at radius 1 is 1.08 bits per heavy atom. The van der Waals surface area contributed by atoms with Gasteiger partial charge in [0.25, 0.3) is 10.0 Å². The van der Waals surface area contributed by atoms with Crippen LogP contribution < -0.4 is 4.72 Å². The van der Waals surface area contributed by atoms with Crippen molar-refractivity contribution in [2.75, 3.05) is 4.72 Å². The second-order valence-corrected chi connectivity index (χ2v) is 7.85. The van der Waals surface area contributed by atoms with E-state index in [2.05, 4.69) is 9.82 Å². The van der Waals surface area contributed by atoms with Crippen molar-refractivity contribution in [1.82, 2.24) is 9.78 Å². The highest BCUT2D eigenvalue weighted by atomic mass is 32.2. The number of rotatable bonds is 6. The quantitative estimate of drug-likeness (QED) is 0.726. The zero-order valence-corrected chi connectivity index (χ0v) is 14.7. The molecule has 0 saturated heterocycles. The third-order valence-corrected chi connectivity index (χ3v) is 5.75. The highest BCUT2D eigenvalue weighted by Gasteiger charge is 2.18. The number of nitrogens with zero attached hydrogens (tertiary/aromatic N) is 2. The molecule has 0 radical (unpaired) electrons. The van der Waals surface area contributed by atoms with Crippen LogP contribution in [-0.4, -0.2) is 18.2 Å². The molecule has 0 aliphatic carbocycles. The number of hydrogen-bond donors (Lipinski definition) is 1. The van der Waals surface area contributed by atoms with Crippen LogP contribution in [0.1, 0.15) is 6.92 Å². The molecule has 0 aliphatic heterocycles. The second kappa shape index (κ2) is 7.11. The van der Waals surface area contributed by atoms with E-state index in [1.165, 1.54) is 24.2 Å². The molecule has 2 aromatic carbocycles. The molecule has 1 aromatic heterocycles. The van der Waals surface area contributed by atoms with E-state index in [9.17, 15) is 8.42 Å². The molecule has 0 atom stereocenters. The molecular weight excluding hydrogens is 342 g/mol. The van der Waals surface area contributed by atoms with Crippen LogP contribution in [0.25, 0.3) is 0 Å². The summed E-state index contributed by atoms with van der Waals surface area (Å²) in [5.41, 5.74) is 0.551. The molecule has 0 fully saturated rings. The predicted octanol–water partition coefficient (Wildman–Crippen LogP) is 3.86. The van der Waals surface area contributed by atoms with Gasteiger partial charge in [-0.2, -0.15) is 5.10 Å². The molecular formula is C17H17N3O2S2. The molecule has 0 aliphatic rings. The van der Waals surface area contributed by atoms with Gasteiger partial charge in [-0.1, -0.05) is 42.1 Å². The molecule has 1 N–H and O–H groups in total. The lowest BCUT2D eigenvalue weighted by Gasteiger charge is -2.11. The fourth-order valence-electron chi connectivity index (χ4n) is 2.12. The summed E-state index contributed by atoms with van der Waals surface area (Å²) in [5, 5.41) is 4.03. The van der Waals surface area contributed by atoms with Crippen LogP contribution in [-0.2, 0) is 16.6 Å². The largest absolute Gasteiger partial charge is 0.278 e. The Kier molecular flexibility index (Phi) is 4.92. The minimum atomic E-state index is -3.66. The van der Waals surface area contributed by atoms with Crippen LogP contribution in [0.15, 0.2) is 81.7 Å². The van der Waals surface area contributed by atoms with Gasteiger partial charge in [-0.15, -0.1) is 0 Å². The maximum absolute atomic E-state index is 12.6. The van der Waals surface area contributed by atoms with Gasteiger partial charge in [-0.3, -0.25) is 9.40 Å². The van der Waals surface area contributed by atoms with E-state index in [0.29, 0.717) is 12.2 Å². The Balaban J connectivity index is 1.87.